The van der Waals surface area contributed by atoms with E-state index >= 15 is 0 Å². The molecule has 196 valence electrons. The molecule has 1 amide bonds. The Bertz CT molecular complexity index is 1400. The van der Waals surface area contributed by atoms with Gasteiger partial charge < -0.3 is 29.4 Å². The first kappa shape index (κ1) is 26.2. The van der Waals surface area contributed by atoms with Crippen LogP contribution < -0.4 is 14.8 Å². The van der Waals surface area contributed by atoms with Crippen LogP contribution in [0, 0.1) is 0 Å². The summed E-state index contributed by atoms with van der Waals surface area (Å²) in [5.41, 5.74) is 4.04. The number of thiazole rings is 1. The van der Waals surface area contributed by atoms with Gasteiger partial charge in [-0.25, -0.2) is 9.97 Å². The molecule has 11 heteroatoms. The van der Waals surface area contributed by atoms with Gasteiger partial charge in [0.2, 0.25) is 5.91 Å². The van der Waals surface area contributed by atoms with Crippen molar-refractivity contribution in [3.05, 3.63) is 42.2 Å². The SMILES string of the molecule is CC(=O)O.COc1cc2ncn(Cc3ccc4nc(NC5CCN(C(C)=O)CC5)sc4c3)c2cc1OC. The second-order valence-electron chi connectivity index (χ2n) is 8.83. The smallest absolute Gasteiger partial charge is 0.300 e. The van der Waals surface area contributed by atoms with Crippen molar-refractivity contribution in [3.63, 3.8) is 0 Å². The van der Waals surface area contributed by atoms with Gasteiger partial charge in [0.25, 0.3) is 5.97 Å². The number of anilines is 1. The number of methoxy groups -OCH3 is 2. The van der Waals surface area contributed by atoms with E-state index in [0.29, 0.717) is 24.1 Å². The maximum Gasteiger partial charge on any atom is 0.300 e. The van der Waals surface area contributed by atoms with Crippen molar-refractivity contribution < 1.29 is 24.2 Å². The highest BCUT2D eigenvalue weighted by molar-refractivity contribution is 7.22. The van der Waals surface area contributed by atoms with E-state index in [2.05, 4.69) is 33.1 Å². The van der Waals surface area contributed by atoms with E-state index in [0.717, 1.165) is 59.2 Å². The first-order chi connectivity index (χ1) is 17.8. The van der Waals surface area contributed by atoms with Crippen molar-refractivity contribution >= 4 is 49.6 Å². The molecule has 0 spiro atoms. The Morgan fingerprint density at radius 3 is 2.41 bits per heavy atom. The summed E-state index contributed by atoms with van der Waals surface area (Å²) in [5, 5.41) is 11.9. The lowest BCUT2D eigenvalue weighted by Gasteiger charge is -2.31. The number of nitrogens with one attached hydrogen (secondary N) is 1. The molecule has 0 aliphatic carbocycles. The number of imidazole rings is 1. The number of carboxylic acid groups (broad SMARTS) is 1. The Morgan fingerprint density at radius 1 is 1.08 bits per heavy atom. The molecule has 2 aromatic carbocycles. The molecule has 0 radical (unpaired) electrons. The van der Waals surface area contributed by atoms with Gasteiger partial charge in [0.1, 0.15) is 0 Å². The van der Waals surface area contributed by atoms with Crippen molar-refractivity contribution in [2.45, 2.75) is 39.3 Å². The van der Waals surface area contributed by atoms with Gasteiger partial charge in [-0.2, -0.15) is 0 Å². The molecule has 1 aliphatic heterocycles. The molecule has 1 aliphatic rings. The molecular weight excluding hydrogens is 494 g/mol. The number of piperidine rings is 1. The van der Waals surface area contributed by atoms with Gasteiger partial charge in [-0.3, -0.25) is 9.59 Å². The third-order valence-corrected chi connectivity index (χ3v) is 7.15. The predicted molar refractivity (Wildman–Crippen MR) is 144 cm³/mol. The topological polar surface area (TPSA) is 119 Å². The standard InChI is InChI=1S/C24H27N5O3S.C2H4O2/c1-15(30)28-8-6-17(7-9-28)26-24-27-18-5-4-16(10-23(18)33-24)13-29-14-25-19-11-21(31-2)22(32-3)12-20(19)29;1-2(3)4/h4-5,10-12,14,17H,6-9,13H2,1-3H3,(H,26,27);1H3,(H,3,4). The Labute approximate surface area is 218 Å². The quantitative estimate of drug-likeness (QED) is 0.384. The Kier molecular flexibility index (Phi) is 8.12. The van der Waals surface area contributed by atoms with Crippen LogP contribution in [0.1, 0.15) is 32.3 Å². The summed E-state index contributed by atoms with van der Waals surface area (Å²) in [5.74, 6) is 0.687. The summed E-state index contributed by atoms with van der Waals surface area (Å²) in [6.45, 7) is 5.03. The second kappa shape index (κ2) is 11.5. The second-order valence-corrected chi connectivity index (χ2v) is 9.86. The number of aliphatic carboxylic acids is 1. The van der Waals surface area contributed by atoms with Crippen LogP contribution in [0.5, 0.6) is 11.5 Å². The third kappa shape index (κ3) is 6.29. The highest BCUT2D eigenvalue weighted by Crippen LogP contribution is 2.33. The van der Waals surface area contributed by atoms with Crippen LogP contribution in [0.4, 0.5) is 5.13 Å². The van der Waals surface area contributed by atoms with E-state index in [1.165, 1.54) is 5.56 Å². The molecule has 0 unspecified atom stereocenters. The monoisotopic (exact) mass is 525 g/mol. The van der Waals surface area contributed by atoms with E-state index in [4.69, 9.17) is 24.4 Å². The van der Waals surface area contributed by atoms with Crippen LogP contribution in [-0.2, 0) is 16.1 Å². The minimum Gasteiger partial charge on any atom is -0.493 e. The van der Waals surface area contributed by atoms with Crippen molar-refractivity contribution in [1.29, 1.82) is 0 Å². The summed E-state index contributed by atoms with van der Waals surface area (Å²) in [4.78, 5) is 31.7. The molecular formula is C26H31N5O5S. The minimum absolute atomic E-state index is 0.157. The molecule has 2 aromatic heterocycles. The number of ether oxygens (including phenoxy) is 2. The number of carbonyl (C=O) groups excluding carboxylic acids is 1. The number of benzene rings is 2. The van der Waals surface area contributed by atoms with Crippen LogP contribution in [0.25, 0.3) is 21.3 Å². The third-order valence-electron chi connectivity index (χ3n) is 6.20. The van der Waals surface area contributed by atoms with E-state index < -0.39 is 5.97 Å². The molecule has 0 saturated carbocycles. The van der Waals surface area contributed by atoms with Crippen LogP contribution >= 0.6 is 11.3 Å². The van der Waals surface area contributed by atoms with Gasteiger partial charge in [-0.05, 0) is 30.5 Å². The average molecular weight is 526 g/mol. The molecule has 10 nitrogen and oxygen atoms in total. The number of hydrogen-bond acceptors (Lipinski definition) is 8. The van der Waals surface area contributed by atoms with Crippen molar-refractivity contribution in [2.75, 3.05) is 32.6 Å². The van der Waals surface area contributed by atoms with Crippen LogP contribution in [-0.4, -0.2) is 69.8 Å². The van der Waals surface area contributed by atoms with E-state index in [1.54, 1.807) is 32.5 Å². The maximum atomic E-state index is 11.5. The van der Waals surface area contributed by atoms with Crippen molar-refractivity contribution in [1.82, 2.24) is 19.4 Å². The summed E-state index contributed by atoms with van der Waals surface area (Å²) < 4.78 is 14.1. The molecule has 4 aromatic rings. The maximum absolute atomic E-state index is 11.5. The molecule has 5 rings (SSSR count). The minimum atomic E-state index is -0.833. The first-order valence-corrected chi connectivity index (χ1v) is 12.8. The van der Waals surface area contributed by atoms with Crippen molar-refractivity contribution in [2.24, 2.45) is 0 Å². The number of carbonyl (C=O) groups is 2. The van der Waals surface area contributed by atoms with Crippen LogP contribution in [0.15, 0.2) is 36.7 Å². The largest absolute Gasteiger partial charge is 0.493 e. The lowest BCUT2D eigenvalue weighted by atomic mass is 10.1. The van der Waals surface area contributed by atoms with Gasteiger partial charge in [-0.1, -0.05) is 17.4 Å². The van der Waals surface area contributed by atoms with E-state index in [9.17, 15) is 4.79 Å². The molecule has 0 atom stereocenters. The molecule has 1 saturated heterocycles. The fraction of sp³-hybridized carbons (Fsp3) is 0.385. The lowest BCUT2D eigenvalue weighted by Crippen LogP contribution is -2.41. The summed E-state index contributed by atoms with van der Waals surface area (Å²) in [6.07, 6.45) is 3.74. The highest BCUT2D eigenvalue weighted by Gasteiger charge is 2.21. The number of aromatic nitrogens is 3. The zero-order valence-electron chi connectivity index (χ0n) is 21.4. The zero-order chi connectivity index (χ0) is 26.5. The summed E-state index contributed by atoms with van der Waals surface area (Å²) in [6, 6.07) is 10.6. The van der Waals surface area contributed by atoms with E-state index in [1.807, 2.05) is 23.4 Å². The first-order valence-electron chi connectivity index (χ1n) is 11.9. The number of hydrogen-bond donors (Lipinski definition) is 2. The Balaban J connectivity index is 0.000000747. The zero-order valence-corrected chi connectivity index (χ0v) is 22.2. The number of rotatable bonds is 6. The van der Waals surface area contributed by atoms with Gasteiger partial charge in [0.15, 0.2) is 16.6 Å². The number of fused-ring (bicyclic) bond motifs is 2. The number of likely N-dealkylation sites (tertiary alicyclic amines) is 1. The average Bonchev–Trinajstić information content (AvgIpc) is 3.45. The Hall–Kier alpha value is -3.86. The molecule has 1 fully saturated rings. The lowest BCUT2D eigenvalue weighted by molar-refractivity contribution is -0.134. The summed E-state index contributed by atoms with van der Waals surface area (Å²) >= 11 is 1.68. The highest BCUT2D eigenvalue weighted by atomic mass is 32.1. The molecule has 37 heavy (non-hydrogen) atoms. The fourth-order valence-electron chi connectivity index (χ4n) is 4.35. The van der Waals surface area contributed by atoms with Gasteiger partial charge in [-0.15, -0.1) is 0 Å². The summed E-state index contributed by atoms with van der Waals surface area (Å²) in [7, 11) is 3.27. The molecule has 3 heterocycles. The van der Waals surface area contributed by atoms with Gasteiger partial charge in [0, 0.05) is 51.7 Å². The molecule has 2 N–H and O–H groups in total. The predicted octanol–water partition coefficient (Wildman–Crippen LogP) is 4.23. The molecule has 0 bridgehead atoms. The fourth-order valence-corrected chi connectivity index (χ4v) is 5.36. The van der Waals surface area contributed by atoms with E-state index in [-0.39, 0.29) is 5.91 Å². The normalized spacial score (nSPS) is 13.8. The number of amides is 1. The number of carboxylic acids is 1. The number of nitrogens with zero attached hydrogens (tertiary/aromatic N) is 4. The van der Waals surface area contributed by atoms with Crippen LogP contribution in [0.3, 0.4) is 0 Å². The Morgan fingerprint density at radius 2 is 1.76 bits per heavy atom. The van der Waals surface area contributed by atoms with Crippen molar-refractivity contribution in [3.8, 4) is 11.5 Å². The van der Waals surface area contributed by atoms with Gasteiger partial charge >= 0.3 is 0 Å². The van der Waals surface area contributed by atoms with Crippen LogP contribution in [0.2, 0.25) is 0 Å². The van der Waals surface area contributed by atoms with Gasteiger partial charge in [0.05, 0.1) is 41.8 Å².